The van der Waals surface area contributed by atoms with E-state index >= 15 is 0 Å². The number of hydrogen-bond acceptors (Lipinski definition) is 3. The predicted octanol–water partition coefficient (Wildman–Crippen LogP) is 2.51. The third kappa shape index (κ3) is 2.56. The second-order valence-corrected chi connectivity index (χ2v) is 6.43. The average Bonchev–Trinajstić information content (AvgIpc) is 3.10. The third-order valence-corrected chi connectivity index (χ3v) is 4.99. The molecule has 2 N–H and O–H groups in total. The minimum atomic E-state index is 0.0315. The van der Waals surface area contributed by atoms with Gasteiger partial charge in [0.2, 0.25) is 0 Å². The zero-order valence-corrected chi connectivity index (χ0v) is 12.9. The van der Waals surface area contributed by atoms with Gasteiger partial charge in [-0.3, -0.25) is 4.79 Å². The van der Waals surface area contributed by atoms with Gasteiger partial charge in [-0.1, -0.05) is 0 Å². The highest BCUT2D eigenvalue weighted by molar-refractivity contribution is 9.10. The molecule has 1 amide bonds. The van der Waals surface area contributed by atoms with Crippen LogP contribution in [0.5, 0.6) is 5.75 Å². The number of likely N-dealkylation sites (tertiary alicyclic amines) is 1. The monoisotopic (exact) mass is 338 g/mol. The molecule has 2 unspecified atom stereocenters. The Kier molecular flexibility index (Phi) is 3.98. The highest BCUT2D eigenvalue weighted by atomic mass is 79.9. The zero-order chi connectivity index (χ0) is 14.1. The van der Waals surface area contributed by atoms with Crippen LogP contribution in [0.2, 0.25) is 0 Å². The third-order valence-electron chi connectivity index (χ3n) is 4.32. The van der Waals surface area contributed by atoms with Gasteiger partial charge in [0.25, 0.3) is 5.91 Å². The number of nitrogens with zero attached hydrogens (tertiary/aromatic N) is 1. The Bertz CT molecular complexity index is 515. The number of carbonyl (C=O) groups excluding carboxylic acids is 1. The van der Waals surface area contributed by atoms with Crippen LogP contribution in [-0.2, 0) is 0 Å². The van der Waals surface area contributed by atoms with E-state index in [0.29, 0.717) is 22.1 Å². The molecular formula is C15H19BrN2O2. The van der Waals surface area contributed by atoms with E-state index in [1.54, 1.807) is 18.2 Å². The number of halogens is 1. The standard InChI is InChI=1S/C15H19BrN2O2/c16-11-6-5-10(9-14(11)19)15(20)18-8-2-4-13(18)12-3-1-7-17-12/h5-6,9,12-13,17,19H,1-4,7-8H2. The number of carbonyl (C=O) groups is 1. The van der Waals surface area contributed by atoms with Crippen molar-refractivity contribution >= 4 is 21.8 Å². The molecule has 0 aliphatic carbocycles. The number of aromatic hydroxyl groups is 1. The summed E-state index contributed by atoms with van der Waals surface area (Å²) >= 11 is 3.24. The van der Waals surface area contributed by atoms with Crippen LogP contribution < -0.4 is 5.32 Å². The number of nitrogens with one attached hydrogen (secondary N) is 1. The predicted molar refractivity (Wildman–Crippen MR) is 80.9 cm³/mol. The molecule has 0 saturated carbocycles. The molecule has 3 rings (SSSR count). The van der Waals surface area contributed by atoms with Crippen LogP contribution in [0.1, 0.15) is 36.0 Å². The van der Waals surface area contributed by atoms with Crippen LogP contribution in [-0.4, -0.2) is 41.1 Å². The minimum absolute atomic E-state index is 0.0315. The number of benzene rings is 1. The van der Waals surface area contributed by atoms with E-state index in [0.717, 1.165) is 32.4 Å². The molecule has 1 aromatic rings. The number of rotatable bonds is 2. The van der Waals surface area contributed by atoms with Gasteiger partial charge in [0.15, 0.2) is 0 Å². The van der Waals surface area contributed by atoms with Crippen molar-refractivity contribution in [1.82, 2.24) is 10.2 Å². The Morgan fingerprint density at radius 3 is 2.90 bits per heavy atom. The lowest BCUT2D eigenvalue weighted by Gasteiger charge is -2.29. The fraction of sp³-hybridized carbons (Fsp3) is 0.533. The summed E-state index contributed by atoms with van der Waals surface area (Å²) in [5.41, 5.74) is 0.565. The van der Waals surface area contributed by atoms with Crippen molar-refractivity contribution in [3.8, 4) is 5.75 Å². The quantitative estimate of drug-likeness (QED) is 0.871. The van der Waals surface area contributed by atoms with Gasteiger partial charge in [0, 0.05) is 24.2 Å². The van der Waals surface area contributed by atoms with Crippen molar-refractivity contribution in [1.29, 1.82) is 0 Å². The van der Waals surface area contributed by atoms with Gasteiger partial charge in [-0.05, 0) is 66.4 Å². The van der Waals surface area contributed by atoms with E-state index in [4.69, 9.17) is 0 Å². The summed E-state index contributed by atoms with van der Waals surface area (Å²) in [7, 11) is 0. The van der Waals surface area contributed by atoms with E-state index in [1.165, 1.54) is 6.42 Å². The molecule has 1 aromatic carbocycles. The summed E-state index contributed by atoms with van der Waals surface area (Å²) in [6, 6.07) is 5.77. The molecule has 4 nitrogen and oxygen atoms in total. The Morgan fingerprint density at radius 1 is 1.35 bits per heavy atom. The summed E-state index contributed by atoms with van der Waals surface area (Å²) in [6.45, 7) is 1.88. The SMILES string of the molecule is O=C(c1ccc(Br)c(O)c1)N1CCCC1C1CCCN1. The lowest BCUT2D eigenvalue weighted by Crippen LogP contribution is -2.46. The molecule has 5 heteroatoms. The van der Waals surface area contributed by atoms with Gasteiger partial charge in [-0.2, -0.15) is 0 Å². The van der Waals surface area contributed by atoms with Crippen molar-refractivity contribution in [3.63, 3.8) is 0 Å². The molecule has 2 heterocycles. The van der Waals surface area contributed by atoms with Crippen LogP contribution in [0.4, 0.5) is 0 Å². The first kappa shape index (κ1) is 13.9. The highest BCUT2D eigenvalue weighted by Gasteiger charge is 2.36. The first-order valence-electron chi connectivity index (χ1n) is 7.19. The van der Waals surface area contributed by atoms with E-state index in [1.807, 2.05) is 4.90 Å². The molecule has 2 fully saturated rings. The summed E-state index contributed by atoms with van der Waals surface area (Å²) in [5, 5.41) is 13.2. The molecule has 0 spiro atoms. The van der Waals surface area contributed by atoms with Gasteiger partial charge < -0.3 is 15.3 Å². The van der Waals surface area contributed by atoms with Crippen molar-refractivity contribution in [2.24, 2.45) is 0 Å². The number of hydrogen-bond donors (Lipinski definition) is 2. The van der Waals surface area contributed by atoms with Crippen molar-refractivity contribution in [2.45, 2.75) is 37.8 Å². The first-order valence-corrected chi connectivity index (χ1v) is 7.99. The van der Waals surface area contributed by atoms with Crippen LogP contribution in [0.15, 0.2) is 22.7 Å². The summed E-state index contributed by atoms with van der Waals surface area (Å²) in [4.78, 5) is 14.6. The van der Waals surface area contributed by atoms with Gasteiger partial charge in [-0.25, -0.2) is 0 Å². The summed E-state index contributed by atoms with van der Waals surface area (Å²) in [5.74, 6) is 0.148. The Labute approximate surface area is 127 Å². The van der Waals surface area contributed by atoms with E-state index in [9.17, 15) is 9.90 Å². The zero-order valence-electron chi connectivity index (χ0n) is 11.3. The first-order chi connectivity index (χ1) is 9.66. The van der Waals surface area contributed by atoms with Crippen LogP contribution >= 0.6 is 15.9 Å². The normalized spacial score (nSPS) is 26.1. The maximum Gasteiger partial charge on any atom is 0.254 e. The second kappa shape index (κ2) is 5.74. The highest BCUT2D eigenvalue weighted by Crippen LogP contribution is 2.29. The molecule has 108 valence electrons. The number of phenolic OH excluding ortho intramolecular Hbond substituents is 1. The summed E-state index contributed by atoms with van der Waals surface area (Å²) in [6.07, 6.45) is 4.49. The molecular weight excluding hydrogens is 320 g/mol. The summed E-state index contributed by atoms with van der Waals surface area (Å²) < 4.78 is 0.615. The largest absolute Gasteiger partial charge is 0.507 e. The second-order valence-electron chi connectivity index (χ2n) is 5.58. The van der Waals surface area contributed by atoms with E-state index in [-0.39, 0.29) is 11.7 Å². The molecule has 2 aliphatic rings. The molecule has 20 heavy (non-hydrogen) atoms. The molecule has 0 aromatic heterocycles. The lowest BCUT2D eigenvalue weighted by atomic mass is 10.0. The Hall–Kier alpha value is -1.07. The maximum atomic E-state index is 12.6. The fourth-order valence-electron chi connectivity index (χ4n) is 3.31. The molecule has 2 atom stereocenters. The van der Waals surface area contributed by atoms with E-state index < -0.39 is 0 Å². The van der Waals surface area contributed by atoms with Crippen LogP contribution in [0.3, 0.4) is 0 Å². The molecule has 0 bridgehead atoms. The Balaban J connectivity index is 1.79. The fourth-order valence-corrected chi connectivity index (χ4v) is 3.56. The maximum absolute atomic E-state index is 12.6. The van der Waals surface area contributed by atoms with Gasteiger partial charge in [0.1, 0.15) is 5.75 Å². The molecule has 2 saturated heterocycles. The number of phenols is 1. The average molecular weight is 339 g/mol. The van der Waals surface area contributed by atoms with Gasteiger partial charge >= 0.3 is 0 Å². The van der Waals surface area contributed by atoms with Crippen LogP contribution in [0, 0.1) is 0 Å². The minimum Gasteiger partial charge on any atom is -0.507 e. The van der Waals surface area contributed by atoms with E-state index in [2.05, 4.69) is 21.2 Å². The van der Waals surface area contributed by atoms with Crippen molar-refractivity contribution < 1.29 is 9.90 Å². The van der Waals surface area contributed by atoms with Crippen molar-refractivity contribution in [3.05, 3.63) is 28.2 Å². The van der Waals surface area contributed by atoms with Crippen LogP contribution in [0.25, 0.3) is 0 Å². The molecule has 0 radical (unpaired) electrons. The van der Waals surface area contributed by atoms with Gasteiger partial charge in [0.05, 0.1) is 4.47 Å². The van der Waals surface area contributed by atoms with Crippen molar-refractivity contribution in [2.75, 3.05) is 13.1 Å². The smallest absolute Gasteiger partial charge is 0.254 e. The lowest BCUT2D eigenvalue weighted by molar-refractivity contribution is 0.0711. The topological polar surface area (TPSA) is 52.6 Å². The molecule has 2 aliphatic heterocycles. The Morgan fingerprint density at radius 2 is 2.20 bits per heavy atom. The number of amides is 1. The van der Waals surface area contributed by atoms with Gasteiger partial charge in [-0.15, -0.1) is 0 Å².